The number of hydrogen-bond donors (Lipinski definition) is 1. The molecule has 0 radical (unpaired) electrons. The summed E-state index contributed by atoms with van der Waals surface area (Å²) in [6.07, 6.45) is 2.48. The van der Waals surface area contributed by atoms with Crippen LogP contribution in [0.2, 0.25) is 0 Å². The molecule has 1 aromatic rings. The van der Waals surface area contributed by atoms with Crippen molar-refractivity contribution in [3.05, 3.63) is 17.5 Å². The fourth-order valence-electron chi connectivity index (χ4n) is 2.71. The van der Waals surface area contributed by atoms with Crippen molar-refractivity contribution in [2.24, 2.45) is 0 Å². The molecule has 6 heteroatoms. The zero-order chi connectivity index (χ0) is 13.6. The number of nitrogens with one attached hydrogen (secondary N) is 1. The Hall–Kier alpha value is -0.880. The second-order valence-electron chi connectivity index (χ2n) is 5.45. The first kappa shape index (κ1) is 13.5. The lowest BCUT2D eigenvalue weighted by molar-refractivity contribution is 0.321. The minimum Gasteiger partial charge on any atom is -0.313 e. The van der Waals surface area contributed by atoms with Gasteiger partial charge >= 0.3 is 0 Å². The van der Waals surface area contributed by atoms with Gasteiger partial charge in [0, 0.05) is 17.3 Å². The van der Waals surface area contributed by atoms with Crippen LogP contribution in [0.15, 0.2) is 6.20 Å². The maximum atomic E-state index is 11.7. The summed E-state index contributed by atoms with van der Waals surface area (Å²) in [7, 11) is -1.01. The molecule has 2 heterocycles. The molecule has 1 N–H and O–H groups in total. The Bertz CT molecular complexity index is 550. The Balaban J connectivity index is 2.39. The van der Waals surface area contributed by atoms with E-state index >= 15 is 0 Å². The van der Waals surface area contributed by atoms with E-state index < -0.39 is 15.4 Å². The van der Waals surface area contributed by atoms with E-state index in [1.165, 1.54) is 0 Å². The van der Waals surface area contributed by atoms with E-state index in [0.717, 1.165) is 11.3 Å². The van der Waals surface area contributed by atoms with Crippen LogP contribution in [-0.2, 0) is 15.4 Å². The molecule has 0 bridgehead atoms. The topological polar surface area (TPSA) is 64.0 Å². The first-order valence-electron chi connectivity index (χ1n) is 6.22. The van der Waals surface area contributed by atoms with Crippen molar-refractivity contribution in [3.63, 3.8) is 0 Å². The highest BCUT2D eigenvalue weighted by molar-refractivity contribution is 7.91. The standard InChI is InChI=1S/C12H21N3O2S/c1-9(13-4)11-7-14-15(10(11)2)12(3)5-6-18(16,17)8-12/h7,9,13H,5-6,8H2,1-4H3. The lowest BCUT2D eigenvalue weighted by atomic mass is 10.0. The highest BCUT2D eigenvalue weighted by Crippen LogP contribution is 2.32. The average Bonchev–Trinajstić information content (AvgIpc) is 2.79. The van der Waals surface area contributed by atoms with Crippen LogP contribution in [0.3, 0.4) is 0 Å². The largest absolute Gasteiger partial charge is 0.313 e. The maximum Gasteiger partial charge on any atom is 0.152 e. The Labute approximate surface area is 108 Å². The van der Waals surface area contributed by atoms with Gasteiger partial charge < -0.3 is 5.32 Å². The molecular weight excluding hydrogens is 250 g/mol. The SMILES string of the molecule is CNC(C)c1cnn(C2(C)CCS(=O)(=O)C2)c1C. The highest BCUT2D eigenvalue weighted by Gasteiger charge is 2.41. The molecule has 2 unspecified atom stereocenters. The molecule has 5 nitrogen and oxygen atoms in total. The van der Waals surface area contributed by atoms with Crippen LogP contribution in [-0.4, -0.2) is 36.8 Å². The molecule has 1 saturated heterocycles. The van der Waals surface area contributed by atoms with Gasteiger partial charge in [-0.05, 0) is 34.2 Å². The van der Waals surface area contributed by atoms with E-state index in [0.29, 0.717) is 6.42 Å². The van der Waals surface area contributed by atoms with Crippen LogP contribution in [0.4, 0.5) is 0 Å². The van der Waals surface area contributed by atoms with Gasteiger partial charge in [-0.2, -0.15) is 5.10 Å². The third-order valence-corrected chi connectivity index (χ3v) is 5.83. The summed E-state index contributed by atoms with van der Waals surface area (Å²) >= 11 is 0. The van der Waals surface area contributed by atoms with Gasteiger partial charge in [0.15, 0.2) is 9.84 Å². The van der Waals surface area contributed by atoms with E-state index in [1.807, 2.05) is 31.8 Å². The van der Waals surface area contributed by atoms with E-state index in [9.17, 15) is 8.42 Å². The Morgan fingerprint density at radius 1 is 1.56 bits per heavy atom. The fraction of sp³-hybridized carbons (Fsp3) is 0.750. The summed E-state index contributed by atoms with van der Waals surface area (Å²) in [5, 5.41) is 7.60. The molecule has 102 valence electrons. The molecule has 1 aliphatic heterocycles. The monoisotopic (exact) mass is 271 g/mol. The average molecular weight is 271 g/mol. The Morgan fingerprint density at radius 3 is 2.72 bits per heavy atom. The molecular formula is C12H21N3O2S. The number of aromatic nitrogens is 2. The molecule has 0 amide bonds. The zero-order valence-electron chi connectivity index (χ0n) is 11.4. The first-order chi connectivity index (χ1) is 8.29. The van der Waals surface area contributed by atoms with Gasteiger partial charge in [-0.25, -0.2) is 8.42 Å². The van der Waals surface area contributed by atoms with Crippen molar-refractivity contribution < 1.29 is 8.42 Å². The van der Waals surface area contributed by atoms with Crippen molar-refractivity contribution >= 4 is 9.84 Å². The summed E-state index contributed by atoms with van der Waals surface area (Å²) in [6, 6.07) is 0.223. The summed E-state index contributed by atoms with van der Waals surface area (Å²) in [4.78, 5) is 0. The van der Waals surface area contributed by atoms with Crippen molar-refractivity contribution in [2.45, 2.75) is 38.8 Å². The Kier molecular flexibility index (Phi) is 3.27. The smallest absolute Gasteiger partial charge is 0.152 e. The third kappa shape index (κ3) is 2.19. The van der Waals surface area contributed by atoms with Gasteiger partial charge in [0.1, 0.15) is 0 Å². The molecule has 0 aliphatic carbocycles. The summed E-state index contributed by atoms with van der Waals surface area (Å²) in [5.74, 6) is 0.454. The lowest BCUT2D eigenvalue weighted by Gasteiger charge is -2.25. The molecule has 0 spiro atoms. The molecule has 0 saturated carbocycles. The maximum absolute atomic E-state index is 11.7. The predicted molar refractivity (Wildman–Crippen MR) is 71.4 cm³/mol. The number of nitrogens with zero attached hydrogens (tertiary/aromatic N) is 2. The van der Waals surface area contributed by atoms with Crippen LogP contribution in [0.25, 0.3) is 0 Å². The van der Waals surface area contributed by atoms with Crippen LogP contribution in [0.5, 0.6) is 0 Å². The van der Waals surface area contributed by atoms with Crippen molar-refractivity contribution in [1.29, 1.82) is 0 Å². The Morgan fingerprint density at radius 2 is 2.22 bits per heavy atom. The van der Waals surface area contributed by atoms with Crippen LogP contribution >= 0.6 is 0 Å². The number of rotatable bonds is 3. The van der Waals surface area contributed by atoms with Crippen LogP contribution in [0, 0.1) is 6.92 Å². The quantitative estimate of drug-likeness (QED) is 0.891. The lowest BCUT2D eigenvalue weighted by Crippen LogP contribution is -2.33. The van der Waals surface area contributed by atoms with Gasteiger partial charge in [0.05, 0.1) is 23.2 Å². The molecule has 18 heavy (non-hydrogen) atoms. The third-order valence-electron chi connectivity index (χ3n) is 3.94. The molecule has 2 rings (SSSR count). The van der Waals surface area contributed by atoms with E-state index in [4.69, 9.17) is 0 Å². The number of sulfone groups is 1. The highest BCUT2D eigenvalue weighted by atomic mass is 32.2. The molecule has 1 aromatic heterocycles. The normalized spacial score (nSPS) is 28.4. The minimum absolute atomic E-state index is 0.190. The van der Waals surface area contributed by atoms with Crippen LogP contribution < -0.4 is 5.32 Å². The summed E-state index contributed by atoms with van der Waals surface area (Å²) in [5.41, 5.74) is 1.79. The van der Waals surface area contributed by atoms with Crippen molar-refractivity contribution in [2.75, 3.05) is 18.6 Å². The van der Waals surface area contributed by atoms with Gasteiger partial charge in [0.25, 0.3) is 0 Å². The first-order valence-corrected chi connectivity index (χ1v) is 8.04. The summed E-state index contributed by atoms with van der Waals surface area (Å²) in [6.45, 7) is 6.06. The van der Waals surface area contributed by atoms with E-state index in [2.05, 4.69) is 17.3 Å². The molecule has 0 aromatic carbocycles. The second-order valence-corrected chi connectivity index (χ2v) is 7.63. The number of hydrogen-bond acceptors (Lipinski definition) is 4. The van der Waals surface area contributed by atoms with Gasteiger partial charge in [0.2, 0.25) is 0 Å². The predicted octanol–water partition coefficient (Wildman–Crippen LogP) is 1.01. The summed E-state index contributed by atoms with van der Waals surface area (Å²) < 4.78 is 25.2. The molecule has 1 aliphatic rings. The zero-order valence-corrected chi connectivity index (χ0v) is 12.2. The molecule has 1 fully saturated rings. The fourth-order valence-corrected chi connectivity index (χ4v) is 4.82. The van der Waals surface area contributed by atoms with Crippen molar-refractivity contribution in [3.8, 4) is 0 Å². The van der Waals surface area contributed by atoms with E-state index in [-0.39, 0.29) is 17.5 Å². The second kappa shape index (κ2) is 4.35. The minimum atomic E-state index is -2.91. The van der Waals surface area contributed by atoms with Gasteiger partial charge in [-0.1, -0.05) is 0 Å². The molecule has 2 atom stereocenters. The van der Waals surface area contributed by atoms with Gasteiger partial charge in [-0.3, -0.25) is 4.68 Å². The van der Waals surface area contributed by atoms with Crippen molar-refractivity contribution in [1.82, 2.24) is 15.1 Å². The van der Waals surface area contributed by atoms with Crippen LogP contribution in [0.1, 0.15) is 37.6 Å². The van der Waals surface area contributed by atoms with E-state index in [1.54, 1.807) is 0 Å². The van der Waals surface area contributed by atoms with Gasteiger partial charge in [-0.15, -0.1) is 0 Å².